The maximum absolute atomic E-state index is 12.5. The summed E-state index contributed by atoms with van der Waals surface area (Å²) in [6.45, 7) is 0.467. The lowest BCUT2D eigenvalue weighted by atomic mass is 10.2. The van der Waals surface area contributed by atoms with Crippen LogP contribution in [0.15, 0.2) is 35.2 Å². The number of sulfone groups is 1. The molecule has 0 spiro atoms. The molecule has 1 saturated heterocycles. The van der Waals surface area contributed by atoms with Crippen molar-refractivity contribution in [2.24, 2.45) is 0 Å². The van der Waals surface area contributed by atoms with Crippen LogP contribution in [-0.4, -0.2) is 57.9 Å². The normalized spacial score (nSPS) is 19.0. The van der Waals surface area contributed by atoms with Crippen molar-refractivity contribution in [2.75, 3.05) is 27.2 Å². The van der Waals surface area contributed by atoms with Crippen LogP contribution in [-0.2, 0) is 20.0 Å². The predicted octanol–water partition coefficient (Wildman–Crippen LogP) is 0.731. The highest BCUT2D eigenvalue weighted by molar-refractivity contribution is 7.92. The van der Waals surface area contributed by atoms with Crippen LogP contribution in [0.25, 0.3) is 0 Å². The van der Waals surface area contributed by atoms with Crippen LogP contribution in [0, 0.1) is 0 Å². The summed E-state index contributed by atoms with van der Waals surface area (Å²) in [7, 11) is -3.90. The van der Waals surface area contributed by atoms with E-state index in [1.807, 2.05) is 0 Å². The van der Waals surface area contributed by atoms with Crippen molar-refractivity contribution in [3.05, 3.63) is 30.3 Å². The quantitative estimate of drug-likeness (QED) is 0.815. The second kappa shape index (κ2) is 6.04. The summed E-state index contributed by atoms with van der Waals surface area (Å²) in [4.78, 5) is 0.305. The van der Waals surface area contributed by atoms with Gasteiger partial charge in [-0.25, -0.2) is 8.42 Å². The summed E-state index contributed by atoms with van der Waals surface area (Å²) in [5, 5.41) is -0.520. The average Bonchev–Trinajstić information content (AvgIpc) is 2.48. The minimum atomic E-state index is -3.46. The van der Waals surface area contributed by atoms with Crippen molar-refractivity contribution >= 4 is 20.0 Å². The van der Waals surface area contributed by atoms with Gasteiger partial charge in [0, 0.05) is 27.2 Å². The van der Waals surface area contributed by atoms with E-state index < -0.39 is 25.3 Å². The molecule has 0 aromatic heterocycles. The largest absolute Gasteiger partial charge is 0.281 e. The SMILES string of the molecule is CN(C)S(=O)(=O)N1CCC(S(=O)(=O)c2ccccc2)CC1. The molecule has 21 heavy (non-hydrogen) atoms. The van der Waals surface area contributed by atoms with E-state index in [4.69, 9.17) is 0 Å². The minimum absolute atomic E-state index is 0.233. The zero-order chi connectivity index (χ0) is 15.7. The van der Waals surface area contributed by atoms with Crippen LogP contribution in [0.2, 0.25) is 0 Å². The minimum Gasteiger partial charge on any atom is -0.223 e. The molecule has 6 nitrogen and oxygen atoms in total. The Hall–Kier alpha value is -0.960. The van der Waals surface area contributed by atoms with Crippen LogP contribution in [0.5, 0.6) is 0 Å². The van der Waals surface area contributed by atoms with Gasteiger partial charge < -0.3 is 0 Å². The molecule has 118 valence electrons. The van der Waals surface area contributed by atoms with Gasteiger partial charge in [-0.05, 0) is 25.0 Å². The van der Waals surface area contributed by atoms with Gasteiger partial charge in [0.25, 0.3) is 10.2 Å². The maximum Gasteiger partial charge on any atom is 0.281 e. The molecule has 1 aliphatic rings. The molecular formula is C13H20N2O4S2. The lowest BCUT2D eigenvalue weighted by Gasteiger charge is -2.32. The van der Waals surface area contributed by atoms with Gasteiger partial charge in [0.15, 0.2) is 9.84 Å². The zero-order valence-corrected chi connectivity index (χ0v) is 13.8. The zero-order valence-electron chi connectivity index (χ0n) is 12.1. The standard InChI is InChI=1S/C13H20N2O4S2/c1-14(2)21(18,19)15-10-8-13(9-11-15)20(16,17)12-6-4-3-5-7-12/h3-7,13H,8-11H2,1-2H3. The first kappa shape index (κ1) is 16.4. The van der Waals surface area contributed by atoms with Crippen LogP contribution in [0.1, 0.15) is 12.8 Å². The summed E-state index contributed by atoms with van der Waals surface area (Å²) in [6.07, 6.45) is 0.647. The lowest BCUT2D eigenvalue weighted by molar-refractivity contribution is 0.324. The van der Waals surface area contributed by atoms with Crippen molar-refractivity contribution in [3.63, 3.8) is 0 Å². The Kier molecular flexibility index (Phi) is 4.72. The van der Waals surface area contributed by atoms with Gasteiger partial charge >= 0.3 is 0 Å². The number of rotatable bonds is 4. The molecule has 0 aliphatic carbocycles. The van der Waals surface area contributed by atoms with E-state index >= 15 is 0 Å². The van der Waals surface area contributed by atoms with E-state index in [9.17, 15) is 16.8 Å². The Morgan fingerprint density at radius 1 is 1.00 bits per heavy atom. The molecule has 0 amide bonds. The van der Waals surface area contributed by atoms with Crippen LogP contribution in [0.4, 0.5) is 0 Å². The van der Waals surface area contributed by atoms with Crippen molar-refractivity contribution < 1.29 is 16.8 Å². The van der Waals surface area contributed by atoms with Crippen LogP contribution >= 0.6 is 0 Å². The topological polar surface area (TPSA) is 74.8 Å². The fourth-order valence-corrected chi connectivity index (χ4v) is 5.29. The summed E-state index contributed by atoms with van der Waals surface area (Å²) >= 11 is 0. The van der Waals surface area contributed by atoms with Gasteiger partial charge in [0.1, 0.15) is 0 Å². The number of piperidine rings is 1. The fraction of sp³-hybridized carbons (Fsp3) is 0.538. The number of benzene rings is 1. The van der Waals surface area contributed by atoms with E-state index in [-0.39, 0.29) is 13.1 Å². The smallest absolute Gasteiger partial charge is 0.223 e. The molecule has 1 aliphatic heterocycles. The predicted molar refractivity (Wildman–Crippen MR) is 80.8 cm³/mol. The van der Waals surface area contributed by atoms with E-state index in [0.29, 0.717) is 17.7 Å². The number of nitrogens with zero attached hydrogens (tertiary/aromatic N) is 2. The summed E-state index contributed by atoms with van der Waals surface area (Å²) in [5.74, 6) is 0. The third kappa shape index (κ3) is 3.28. The van der Waals surface area contributed by atoms with E-state index in [1.54, 1.807) is 30.3 Å². The third-order valence-electron chi connectivity index (χ3n) is 3.70. The molecule has 2 rings (SSSR count). The molecule has 0 saturated carbocycles. The Morgan fingerprint density at radius 2 is 1.52 bits per heavy atom. The summed E-state index contributed by atoms with van der Waals surface area (Å²) in [5.41, 5.74) is 0. The molecular weight excluding hydrogens is 312 g/mol. The second-order valence-electron chi connectivity index (χ2n) is 5.25. The van der Waals surface area contributed by atoms with E-state index in [2.05, 4.69) is 0 Å². The van der Waals surface area contributed by atoms with Crippen LogP contribution < -0.4 is 0 Å². The molecule has 0 N–H and O–H groups in total. The third-order valence-corrected chi connectivity index (χ3v) is 7.92. The molecule has 0 atom stereocenters. The highest BCUT2D eigenvalue weighted by Gasteiger charge is 2.35. The average molecular weight is 332 g/mol. The molecule has 1 aromatic rings. The van der Waals surface area contributed by atoms with Gasteiger partial charge in [-0.3, -0.25) is 0 Å². The first-order valence-electron chi connectivity index (χ1n) is 6.73. The monoisotopic (exact) mass is 332 g/mol. The molecule has 0 bridgehead atoms. The summed E-state index contributed by atoms with van der Waals surface area (Å²) in [6, 6.07) is 8.32. The Balaban J connectivity index is 2.12. The number of hydrogen-bond acceptors (Lipinski definition) is 4. The molecule has 1 heterocycles. The maximum atomic E-state index is 12.5. The van der Waals surface area contributed by atoms with Crippen molar-refractivity contribution in [1.29, 1.82) is 0 Å². The Labute approximate surface area is 126 Å². The Morgan fingerprint density at radius 3 is 2.00 bits per heavy atom. The van der Waals surface area contributed by atoms with E-state index in [0.717, 1.165) is 4.31 Å². The fourth-order valence-electron chi connectivity index (χ4n) is 2.41. The molecule has 0 unspecified atom stereocenters. The second-order valence-corrected chi connectivity index (χ2v) is 9.62. The van der Waals surface area contributed by atoms with Gasteiger partial charge in [0.2, 0.25) is 0 Å². The van der Waals surface area contributed by atoms with Gasteiger partial charge in [-0.15, -0.1) is 0 Å². The van der Waals surface area contributed by atoms with Crippen LogP contribution in [0.3, 0.4) is 0 Å². The first-order chi connectivity index (χ1) is 9.76. The highest BCUT2D eigenvalue weighted by Crippen LogP contribution is 2.25. The van der Waals surface area contributed by atoms with Crippen molar-refractivity contribution in [2.45, 2.75) is 23.0 Å². The van der Waals surface area contributed by atoms with Gasteiger partial charge in [-0.1, -0.05) is 18.2 Å². The van der Waals surface area contributed by atoms with Gasteiger partial charge in [-0.2, -0.15) is 17.0 Å². The lowest BCUT2D eigenvalue weighted by Crippen LogP contribution is -2.46. The molecule has 0 radical (unpaired) electrons. The van der Waals surface area contributed by atoms with Crippen molar-refractivity contribution in [3.8, 4) is 0 Å². The molecule has 1 fully saturated rings. The number of hydrogen-bond donors (Lipinski definition) is 0. The Bertz CT molecular complexity index is 676. The van der Waals surface area contributed by atoms with Gasteiger partial charge in [0.05, 0.1) is 10.1 Å². The summed E-state index contributed by atoms with van der Waals surface area (Å²) < 4.78 is 51.5. The first-order valence-corrected chi connectivity index (χ1v) is 9.67. The highest BCUT2D eigenvalue weighted by atomic mass is 32.2. The van der Waals surface area contributed by atoms with E-state index in [1.165, 1.54) is 18.4 Å². The molecule has 8 heteroatoms. The van der Waals surface area contributed by atoms with Crippen molar-refractivity contribution in [1.82, 2.24) is 8.61 Å². The molecule has 1 aromatic carbocycles.